The lowest BCUT2D eigenvalue weighted by atomic mass is 9.87. The highest BCUT2D eigenvalue weighted by Crippen LogP contribution is 2.30. The van der Waals surface area contributed by atoms with Gasteiger partial charge in [0.1, 0.15) is 0 Å². The molecule has 0 saturated carbocycles. The first-order valence-electron chi connectivity index (χ1n) is 8.94. The summed E-state index contributed by atoms with van der Waals surface area (Å²) in [5, 5.41) is 0. The molecule has 1 aliphatic carbocycles. The van der Waals surface area contributed by atoms with Crippen LogP contribution in [0.1, 0.15) is 62.1 Å². The van der Waals surface area contributed by atoms with Crippen molar-refractivity contribution in [2.75, 3.05) is 0 Å². The van der Waals surface area contributed by atoms with Crippen molar-refractivity contribution in [2.24, 2.45) is 0 Å². The first kappa shape index (κ1) is 15.3. The van der Waals surface area contributed by atoms with Gasteiger partial charge < -0.3 is 0 Å². The van der Waals surface area contributed by atoms with E-state index in [9.17, 15) is 0 Å². The van der Waals surface area contributed by atoms with Gasteiger partial charge in [0.05, 0.1) is 5.69 Å². The van der Waals surface area contributed by atoms with Gasteiger partial charge in [-0.3, -0.25) is 4.98 Å². The van der Waals surface area contributed by atoms with E-state index in [1.807, 2.05) is 0 Å². The van der Waals surface area contributed by atoms with Gasteiger partial charge in [-0.2, -0.15) is 0 Å². The van der Waals surface area contributed by atoms with Crippen molar-refractivity contribution in [3.8, 4) is 11.3 Å². The summed E-state index contributed by atoms with van der Waals surface area (Å²) in [5.41, 5.74) is 6.96. The van der Waals surface area contributed by atoms with Gasteiger partial charge in [-0.1, -0.05) is 50.5 Å². The number of rotatable bonds is 6. The number of unbranched alkanes of at least 4 members (excludes halogenated alkanes) is 3. The molecular weight excluding hydrogens is 266 g/mol. The molecule has 0 saturated heterocycles. The highest BCUT2D eigenvalue weighted by atomic mass is 14.7. The Morgan fingerprint density at radius 3 is 2.68 bits per heavy atom. The normalized spacial score (nSPS) is 13.9. The van der Waals surface area contributed by atoms with E-state index in [-0.39, 0.29) is 0 Å². The highest BCUT2D eigenvalue weighted by Gasteiger charge is 2.14. The average Bonchev–Trinajstić information content (AvgIpc) is 2.59. The number of hydrogen-bond donors (Lipinski definition) is 0. The van der Waals surface area contributed by atoms with Crippen LogP contribution in [0.3, 0.4) is 0 Å². The largest absolute Gasteiger partial charge is 0.256 e. The summed E-state index contributed by atoms with van der Waals surface area (Å²) in [7, 11) is 0. The Bertz CT molecular complexity index is 598. The number of aryl methyl sites for hydroxylation is 2. The van der Waals surface area contributed by atoms with Crippen molar-refractivity contribution in [1.29, 1.82) is 0 Å². The van der Waals surface area contributed by atoms with E-state index in [1.165, 1.54) is 80.0 Å². The van der Waals surface area contributed by atoms with Gasteiger partial charge in [-0.05, 0) is 61.3 Å². The summed E-state index contributed by atoms with van der Waals surface area (Å²) < 4.78 is 0. The predicted octanol–water partition coefficient (Wildman–Crippen LogP) is 5.75. The Morgan fingerprint density at radius 2 is 1.86 bits per heavy atom. The Balaban J connectivity index is 1.73. The molecule has 1 aromatic carbocycles. The number of nitrogens with zero attached hydrogens (tertiary/aromatic N) is 1. The smallest absolute Gasteiger partial charge is 0.0705 e. The third kappa shape index (κ3) is 3.58. The molecule has 0 amide bonds. The van der Waals surface area contributed by atoms with Gasteiger partial charge in [-0.25, -0.2) is 0 Å². The minimum Gasteiger partial charge on any atom is -0.256 e. The van der Waals surface area contributed by atoms with Crippen LogP contribution in [0.5, 0.6) is 0 Å². The molecule has 2 aromatic rings. The second-order valence-electron chi connectivity index (χ2n) is 6.51. The molecule has 1 heteroatoms. The number of aromatic nitrogens is 1. The molecule has 22 heavy (non-hydrogen) atoms. The van der Waals surface area contributed by atoms with Crippen LogP contribution in [0.25, 0.3) is 11.3 Å². The van der Waals surface area contributed by atoms with Gasteiger partial charge in [0.15, 0.2) is 0 Å². The summed E-state index contributed by atoms with van der Waals surface area (Å²) in [4.78, 5) is 4.76. The molecule has 0 aliphatic heterocycles. The third-order valence-electron chi connectivity index (χ3n) is 4.82. The van der Waals surface area contributed by atoms with E-state index in [1.54, 1.807) is 0 Å². The Labute approximate surface area is 134 Å². The lowest BCUT2D eigenvalue weighted by molar-refractivity contribution is 0.666. The van der Waals surface area contributed by atoms with E-state index >= 15 is 0 Å². The molecule has 1 heterocycles. The zero-order chi connectivity index (χ0) is 15.2. The molecule has 0 fully saturated rings. The second-order valence-corrected chi connectivity index (χ2v) is 6.51. The van der Waals surface area contributed by atoms with Crippen molar-refractivity contribution < 1.29 is 0 Å². The zero-order valence-electron chi connectivity index (χ0n) is 13.8. The maximum atomic E-state index is 4.76. The molecule has 0 N–H and O–H groups in total. The molecule has 0 unspecified atom stereocenters. The van der Waals surface area contributed by atoms with Gasteiger partial charge >= 0.3 is 0 Å². The third-order valence-corrected chi connectivity index (χ3v) is 4.82. The van der Waals surface area contributed by atoms with E-state index in [4.69, 9.17) is 4.98 Å². The fourth-order valence-electron chi connectivity index (χ4n) is 3.51. The van der Waals surface area contributed by atoms with Crippen molar-refractivity contribution in [1.82, 2.24) is 4.98 Å². The van der Waals surface area contributed by atoms with Crippen molar-refractivity contribution in [3.05, 3.63) is 53.2 Å². The first-order valence-corrected chi connectivity index (χ1v) is 8.94. The Morgan fingerprint density at radius 1 is 0.955 bits per heavy atom. The Hall–Kier alpha value is -1.63. The van der Waals surface area contributed by atoms with E-state index in [2.05, 4.69) is 43.5 Å². The first-order chi connectivity index (χ1) is 10.9. The molecule has 0 radical (unpaired) electrons. The van der Waals surface area contributed by atoms with Crippen LogP contribution < -0.4 is 0 Å². The molecule has 0 bridgehead atoms. The Kier molecular flexibility index (Phi) is 5.26. The van der Waals surface area contributed by atoms with Crippen LogP contribution in [0, 0.1) is 0 Å². The van der Waals surface area contributed by atoms with Gasteiger partial charge in [0.2, 0.25) is 0 Å². The van der Waals surface area contributed by atoms with Crippen molar-refractivity contribution in [3.63, 3.8) is 0 Å². The maximum absolute atomic E-state index is 4.76. The van der Waals surface area contributed by atoms with Crippen molar-refractivity contribution >= 4 is 0 Å². The number of pyridine rings is 1. The quantitative estimate of drug-likeness (QED) is 0.618. The minimum atomic E-state index is 1.15. The van der Waals surface area contributed by atoms with Crippen LogP contribution in [-0.2, 0) is 19.3 Å². The fraction of sp³-hybridized carbons (Fsp3) is 0.476. The minimum absolute atomic E-state index is 1.15. The molecule has 116 valence electrons. The lowest BCUT2D eigenvalue weighted by Crippen LogP contribution is -2.04. The summed E-state index contributed by atoms with van der Waals surface area (Å²) in [5.74, 6) is 0. The van der Waals surface area contributed by atoms with Crippen LogP contribution in [0.15, 0.2) is 36.5 Å². The van der Waals surface area contributed by atoms with Crippen molar-refractivity contribution in [2.45, 2.75) is 64.7 Å². The standard InChI is InChI=1S/C21H27N/c1-2-3-4-5-9-17-14-15-21(22-16-17)20-13-8-11-18-10-6-7-12-19(18)20/h8,11,13-16H,2-7,9-10,12H2,1H3. The predicted molar refractivity (Wildman–Crippen MR) is 94.2 cm³/mol. The fourth-order valence-corrected chi connectivity index (χ4v) is 3.51. The lowest BCUT2D eigenvalue weighted by Gasteiger charge is -2.19. The molecular formula is C21H27N. The van der Waals surface area contributed by atoms with Crippen LogP contribution in [0.4, 0.5) is 0 Å². The summed E-state index contributed by atoms with van der Waals surface area (Å²) in [6.45, 7) is 2.26. The molecule has 3 rings (SSSR count). The van der Waals surface area contributed by atoms with Gasteiger partial charge in [-0.15, -0.1) is 0 Å². The van der Waals surface area contributed by atoms with Crippen LogP contribution in [0.2, 0.25) is 0 Å². The average molecular weight is 293 g/mol. The second kappa shape index (κ2) is 7.58. The monoisotopic (exact) mass is 293 g/mol. The number of hydrogen-bond acceptors (Lipinski definition) is 1. The van der Waals surface area contributed by atoms with Crippen LogP contribution >= 0.6 is 0 Å². The molecule has 1 aromatic heterocycles. The summed E-state index contributed by atoms with van der Waals surface area (Å²) in [6, 6.07) is 11.2. The van der Waals surface area contributed by atoms with Crippen LogP contribution in [-0.4, -0.2) is 4.98 Å². The molecule has 0 atom stereocenters. The van der Waals surface area contributed by atoms with E-state index in [0.29, 0.717) is 0 Å². The summed E-state index contributed by atoms with van der Waals surface area (Å²) in [6.07, 6.45) is 13.6. The van der Waals surface area contributed by atoms with E-state index in [0.717, 1.165) is 5.69 Å². The number of fused-ring (bicyclic) bond motifs is 1. The highest BCUT2D eigenvalue weighted by molar-refractivity contribution is 5.66. The van der Waals surface area contributed by atoms with Gasteiger partial charge in [0, 0.05) is 11.8 Å². The SMILES string of the molecule is CCCCCCc1ccc(-c2cccc3c2CCCC3)nc1. The van der Waals surface area contributed by atoms with E-state index < -0.39 is 0 Å². The topological polar surface area (TPSA) is 12.9 Å². The maximum Gasteiger partial charge on any atom is 0.0705 e. The van der Waals surface area contributed by atoms with Gasteiger partial charge in [0.25, 0.3) is 0 Å². The number of benzene rings is 1. The molecule has 1 aliphatic rings. The zero-order valence-corrected chi connectivity index (χ0v) is 13.8. The molecule has 0 spiro atoms. The molecule has 1 nitrogen and oxygen atoms in total. The summed E-state index contributed by atoms with van der Waals surface area (Å²) >= 11 is 0.